The van der Waals surface area contributed by atoms with Gasteiger partial charge >= 0.3 is 6.03 Å². The van der Waals surface area contributed by atoms with Crippen LogP contribution in [-0.4, -0.2) is 26.3 Å². The predicted octanol–water partition coefficient (Wildman–Crippen LogP) is 3.80. The first-order valence-electron chi connectivity index (χ1n) is 8.08. The molecule has 0 bridgehead atoms. The van der Waals surface area contributed by atoms with Gasteiger partial charge in [-0.2, -0.15) is 0 Å². The maximum absolute atomic E-state index is 12.0. The van der Waals surface area contributed by atoms with Gasteiger partial charge < -0.3 is 20.1 Å². The van der Waals surface area contributed by atoms with Crippen LogP contribution in [0.1, 0.15) is 39.0 Å². The quantitative estimate of drug-likeness (QED) is 0.840. The maximum atomic E-state index is 12.0. The molecule has 0 spiro atoms. The Morgan fingerprint density at radius 3 is 2.68 bits per heavy atom. The molecule has 0 aliphatic heterocycles. The summed E-state index contributed by atoms with van der Waals surface area (Å²) in [5.41, 5.74) is 0.699. The largest absolute Gasteiger partial charge is 0.493 e. The van der Waals surface area contributed by atoms with E-state index in [0.717, 1.165) is 6.54 Å². The highest BCUT2D eigenvalue weighted by Crippen LogP contribution is 2.30. The predicted molar refractivity (Wildman–Crippen MR) is 87.8 cm³/mol. The van der Waals surface area contributed by atoms with Crippen LogP contribution in [0.4, 0.5) is 10.5 Å². The Hall–Kier alpha value is -1.91. The standard InChI is InChI=1S/C17H26N2O3/c1-3-22-16-11-14(9-10-15(16)21-2)19-17(20)18-12-13-7-5-4-6-8-13/h9-11,13H,3-8,12H2,1-2H3,(H2,18,19,20). The Kier molecular flexibility index (Phi) is 6.37. The summed E-state index contributed by atoms with van der Waals surface area (Å²) in [6.07, 6.45) is 6.33. The van der Waals surface area contributed by atoms with Crippen LogP contribution in [0.5, 0.6) is 11.5 Å². The van der Waals surface area contributed by atoms with Crippen LogP contribution < -0.4 is 20.1 Å². The summed E-state index contributed by atoms with van der Waals surface area (Å²) in [4.78, 5) is 12.0. The molecule has 122 valence electrons. The van der Waals surface area contributed by atoms with Crippen LogP contribution in [0, 0.1) is 5.92 Å². The van der Waals surface area contributed by atoms with E-state index < -0.39 is 0 Å². The topological polar surface area (TPSA) is 59.6 Å². The molecule has 1 aliphatic carbocycles. The number of methoxy groups -OCH3 is 1. The Bertz CT molecular complexity index is 485. The zero-order valence-electron chi connectivity index (χ0n) is 13.5. The van der Waals surface area contributed by atoms with Crippen molar-refractivity contribution in [2.75, 3.05) is 25.6 Å². The van der Waals surface area contributed by atoms with Gasteiger partial charge in [0.25, 0.3) is 0 Å². The van der Waals surface area contributed by atoms with Gasteiger partial charge in [0, 0.05) is 18.3 Å². The second kappa shape index (κ2) is 8.51. The van der Waals surface area contributed by atoms with E-state index in [1.807, 2.05) is 13.0 Å². The van der Waals surface area contributed by atoms with Crippen LogP contribution in [0.15, 0.2) is 18.2 Å². The van der Waals surface area contributed by atoms with E-state index in [1.165, 1.54) is 32.1 Å². The van der Waals surface area contributed by atoms with Gasteiger partial charge in [-0.25, -0.2) is 4.79 Å². The number of ether oxygens (including phenoxy) is 2. The summed E-state index contributed by atoms with van der Waals surface area (Å²) >= 11 is 0. The first-order valence-corrected chi connectivity index (χ1v) is 8.08. The second-order valence-corrected chi connectivity index (χ2v) is 5.64. The number of hydrogen-bond donors (Lipinski definition) is 2. The van der Waals surface area contributed by atoms with Crippen molar-refractivity contribution in [3.8, 4) is 11.5 Å². The molecule has 0 unspecified atom stereocenters. The SMILES string of the molecule is CCOc1cc(NC(=O)NCC2CCCCC2)ccc1OC. The molecule has 0 aromatic heterocycles. The van der Waals surface area contributed by atoms with Gasteiger partial charge in [0.05, 0.1) is 13.7 Å². The van der Waals surface area contributed by atoms with Gasteiger partial charge in [-0.3, -0.25) is 0 Å². The first kappa shape index (κ1) is 16.5. The molecule has 2 rings (SSSR count). The van der Waals surface area contributed by atoms with E-state index in [1.54, 1.807) is 19.2 Å². The van der Waals surface area contributed by atoms with Gasteiger partial charge in [-0.1, -0.05) is 19.3 Å². The van der Waals surface area contributed by atoms with Crippen molar-refractivity contribution in [3.05, 3.63) is 18.2 Å². The molecule has 0 radical (unpaired) electrons. The third kappa shape index (κ3) is 4.83. The maximum Gasteiger partial charge on any atom is 0.319 e. The van der Waals surface area contributed by atoms with Crippen LogP contribution in [-0.2, 0) is 0 Å². The number of rotatable bonds is 6. The summed E-state index contributed by atoms with van der Waals surface area (Å²) in [5.74, 6) is 1.92. The number of amides is 2. The Labute approximate surface area is 132 Å². The highest BCUT2D eigenvalue weighted by Gasteiger charge is 2.14. The molecule has 5 nitrogen and oxygen atoms in total. The molecule has 2 amide bonds. The first-order chi connectivity index (χ1) is 10.7. The Morgan fingerprint density at radius 2 is 2.00 bits per heavy atom. The van der Waals surface area contributed by atoms with Gasteiger partial charge in [0.2, 0.25) is 0 Å². The van der Waals surface area contributed by atoms with Crippen molar-refractivity contribution in [3.63, 3.8) is 0 Å². The van der Waals surface area contributed by atoms with Gasteiger partial charge in [0.1, 0.15) is 0 Å². The van der Waals surface area contributed by atoms with Crippen molar-refractivity contribution >= 4 is 11.7 Å². The number of carbonyl (C=O) groups excluding carboxylic acids is 1. The normalized spacial score (nSPS) is 15.2. The third-order valence-electron chi connectivity index (χ3n) is 4.00. The summed E-state index contributed by atoms with van der Waals surface area (Å²) in [5, 5.41) is 5.80. The number of benzene rings is 1. The average molecular weight is 306 g/mol. The van der Waals surface area contributed by atoms with Crippen molar-refractivity contribution in [1.29, 1.82) is 0 Å². The van der Waals surface area contributed by atoms with Crippen molar-refractivity contribution in [1.82, 2.24) is 5.32 Å². The molecular weight excluding hydrogens is 280 g/mol. The Morgan fingerprint density at radius 1 is 1.23 bits per heavy atom. The molecule has 0 saturated heterocycles. The zero-order chi connectivity index (χ0) is 15.8. The van der Waals surface area contributed by atoms with Crippen LogP contribution >= 0.6 is 0 Å². The van der Waals surface area contributed by atoms with Crippen LogP contribution in [0.2, 0.25) is 0 Å². The lowest BCUT2D eigenvalue weighted by Crippen LogP contribution is -2.33. The lowest BCUT2D eigenvalue weighted by atomic mass is 9.89. The van der Waals surface area contributed by atoms with E-state index in [-0.39, 0.29) is 6.03 Å². The fourth-order valence-corrected chi connectivity index (χ4v) is 2.83. The van der Waals surface area contributed by atoms with Crippen molar-refractivity contribution < 1.29 is 14.3 Å². The molecule has 0 heterocycles. The van der Waals surface area contributed by atoms with Gasteiger partial charge in [-0.15, -0.1) is 0 Å². The third-order valence-corrected chi connectivity index (χ3v) is 4.00. The molecular formula is C17H26N2O3. The summed E-state index contributed by atoms with van der Waals surface area (Å²) < 4.78 is 10.7. The molecule has 1 saturated carbocycles. The van der Waals surface area contributed by atoms with E-state index in [2.05, 4.69) is 10.6 Å². The molecule has 0 atom stereocenters. The summed E-state index contributed by atoms with van der Waals surface area (Å²) in [6, 6.07) is 5.21. The minimum absolute atomic E-state index is 0.168. The molecule has 1 aliphatic rings. The molecule has 5 heteroatoms. The van der Waals surface area contributed by atoms with Crippen LogP contribution in [0.25, 0.3) is 0 Å². The minimum Gasteiger partial charge on any atom is -0.493 e. The lowest BCUT2D eigenvalue weighted by Gasteiger charge is -2.21. The molecule has 2 N–H and O–H groups in total. The fourth-order valence-electron chi connectivity index (χ4n) is 2.83. The van der Waals surface area contributed by atoms with Crippen molar-refractivity contribution in [2.45, 2.75) is 39.0 Å². The number of hydrogen-bond acceptors (Lipinski definition) is 3. The Balaban J connectivity index is 1.86. The highest BCUT2D eigenvalue weighted by molar-refractivity contribution is 5.89. The summed E-state index contributed by atoms with van der Waals surface area (Å²) in [7, 11) is 1.60. The monoisotopic (exact) mass is 306 g/mol. The van der Waals surface area contributed by atoms with E-state index in [9.17, 15) is 4.79 Å². The fraction of sp³-hybridized carbons (Fsp3) is 0.588. The number of nitrogens with one attached hydrogen (secondary N) is 2. The number of urea groups is 1. The summed E-state index contributed by atoms with van der Waals surface area (Å²) in [6.45, 7) is 3.21. The van der Waals surface area contributed by atoms with Crippen molar-refractivity contribution in [2.24, 2.45) is 5.92 Å². The smallest absolute Gasteiger partial charge is 0.319 e. The highest BCUT2D eigenvalue weighted by atomic mass is 16.5. The van der Waals surface area contributed by atoms with E-state index in [0.29, 0.717) is 29.7 Å². The molecule has 22 heavy (non-hydrogen) atoms. The minimum atomic E-state index is -0.168. The molecule has 1 aromatic carbocycles. The lowest BCUT2D eigenvalue weighted by molar-refractivity contribution is 0.247. The molecule has 1 fully saturated rings. The van der Waals surface area contributed by atoms with E-state index in [4.69, 9.17) is 9.47 Å². The number of carbonyl (C=O) groups is 1. The van der Waals surface area contributed by atoms with Gasteiger partial charge in [0.15, 0.2) is 11.5 Å². The van der Waals surface area contributed by atoms with E-state index >= 15 is 0 Å². The van der Waals surface area contributed by atoms with Crippen LogP contribution in [0.3, 0.4) is 0 Å². The zero-order valence-corrected chi connectivity index (χ0v) is 13.5. The average Bonchev–Trinajstić information content (AvgIpc) is 2.55. The second-order valence-electron chi connectivity index (χ2n) is 5.64. The van der Waals surface area contributed by atoms with Gasteiger partial charge in [-0.05, 0) is 37.8 Å². The number of anilines is 1. The molecule has 1 aromatic rings.